The molecule has 1 aliphatic rings. The van der Waals surface area contributed by atoms with Crippen LogP contribution in [0.5, 0.6) is 5.88 Å². The molecule has 2 heterocycles. The minimum atomic E-state index is -4.30. The lowest BCUT2D eigenvalue weighted by molar-refractivity contribution is -0.150. The molecule has 0 saturated carbocycles. The Labute approximate surface area is 146 Å². The van der Waals surface area contributed by atoms with Gasteiger partial charge in [0, 0.05) is 25.4 Å². The molecule has 0 aliphatic carbocycles. The van der Waals surface area contributed by atoms with E-state index in [1.165, 1.54) is 11.0 Å². The first kappa shape index (κ1) is 19.9. The molecule has 1 aromatic rings. The van der Waals surface area contributed by atoms with Gasteiger partial charge in [-0.25, -0.2) is 13.8 Å². The SMILES string of the molecule is CC1(C(=O)O)CCCN(C(=O)c2ccc(OCC(F)(F)C(F)F)nc2)C1. The van der Waals surface area contributed by atoms with Crippen LogP contribution in [0.3, 0.4) is 0 Å². The van der Waals surface area contributed by atoms with Crippen LogP contribution in [0.15, 0.2) is 18.3 Å². The minimum absolute atomic E-state index is 0.0417. The van der Waals surface area contributed by atoms with E-state index in [1.807, 2.05) is 0 Å². The van der Waals surface area contributed by atoms with Crippen LogP contribution in [-0.2, 0) is 4.79 Å². The van der Waals surface area contributed by atoms with Gasteiger partial charge in [-0.05, 0) is 25.8 Å². The maximum absolute atomic E-state index is 12.8. The van der Waals surface area contributed by atoms with Gasteiger partial charge in [0.15, 0.2) is 6.61 Å². The number of rotatable bonds is 6. The van der Waals surface area contributed by atoms with Gasteiger partial charge in [0.2, 0.25) is 5.88 Å². The summed E-state index contributed by atoms with van der Waals surface area (Å²) in [4.78, 5) is 28.9. The second-order valence-corrected chi connectivity index (χ2v) is 6.43. The Morgan fingerprint density at radius 2 is 2.12 bits per heavy atom. The molecule has 0 bridgehead atoms. The smallest absolute Gasteiger partial charge is 0.340 e. The van der Waals surface area contributed by atoms with Gasteiger partial charge in [-0.15, -0.1) is 0 Å². The lowest BCUT2D eigenvalue weighted by Crippen LogP contribution is -2.48. The molecule has 1 unspecified atom stereocenters. The second kappa shape index (κ2) is 7.46. The fourth-order valence-corrected chi connectivity index (χ4v) is 2.60. The zero-order chi connectivity index (χ0) is 19.5. The molecule has 6 nitrogen and oxygen atoms in total. The molecule has 1 atom stereocenters. The van der Waals surface area contributed by atoms with Crippen LogP contribution in [-0.4, -0.2) is 58.9 Å². The molecule has 0 radical (unpaired) electrons. The first-order chi connectivity index (χ1) is 12.0. The quantitative estimate of drug-likeness (QED) is 0.770. The van der Waals surface area contributed by atoms with Crippen molar-refractivity contribution >= 4 is 11.9 Å². The molecule has 26 heavy (non-hydrogen) atoms. The van der Waals surface area contributed by atoms with Gasteiger partial charge in [0.05, 0.1) is 11.0 Å². The second-order valence-electron chi connectivity index (χ2n) is 6.43. The number of halogens is 4. The number of hydrogen-bond acceptors (Lipinski definition) is 4. The number of carboxylic acids is 1. The normalized spacial score (nSPS) is 20.9. The predicted molar refractivity (Wildman–Crippen MR) is 81.6 cm³/mol. The van der Waals surface area contributed by atoms with Crippen LogP contribution in [0.1, 0.15) is 30.1 Å². The molecular formula is C16H18F4N2O4. The summed E-state index contributed by atoms with van der Waals surface area (Å²) in [5, 5.41) is 9.29. The highest BCUT2D eigenvalue weighted by atomic mass is 19.3. The van der Waals surface area contributed by atoms with Crippen molar-refractivity contribution in [1.29, 1.82) is 0 Å². The van der Waals surface area contributed by atoms with E-state index in [2.05, 4.69) is 9.72 Å². The van der Waals surface area contributed by atoms with Gasteiger partial charge >= 0.3 is 18.3 Å². The van der Waals surface area contributed by atoms with E-state index < -0.39 is 36.2 Å². The molecule has 0 aromatic carbocycles. The van der Waals surface area contributed by atoms with E-state index in [9.17, 15) is 32.3 Å². The fraction of sp³-hybridized carbons (Fsp3) is 0.562. The molecule has 1 aromatic heterocycles. The largest absolute Gasteiger partial charge is 0.481 e. The summed E-state index contributed by atoms with van der Waals surface area (Å²) in [6, 6.07) is 2.38. The molecule has 1 amide bonds. The Kier molecular flexibility index (Phi) is 5.72. The number of carboxylic acid groups (broad SMARTS) is 1. The Morgan fingerprint density at radius 3 is 2.65 bits per heavy atom. The third-order valence-electron chi connectivity index (χ3n) is 4.21. The van der Waals surface area contributed by atoms with Crippen molar-refractivity contribution in [2.45, 2.75) is 32.1 Å². The van der Waals surface area contributed by atoms with Crippen molar-refractivity contribution < 1.29 is 37.0 Å². The molecule has 144 valence electrons. The van der Waals surface area contributed by atoms with Gasteiger partial charge in [-0.2, -0.15) is 8.78 Å². The third-order valence-corrected chi connectivity index (χ3v) is 4.21. The van der Waals surface area contributed by atoms with Gasteiger partial charge < -0.3 is 14.7 Å². The summed E-state index contributed by atoms with van der Waals surface area (Å²) in [6.45, 7) is 0.460. The van der Waals surface area contributed by atoms with Crippen molar-refractivity contribution in [2.75, 3.05) is 19.7 Å². The Hall–Kier alpha value is -2.39. The number of ether oxygens (including phenoxy) is 1. The first-order valence-corrected chi connectivity index (χ1v) is 7.83. The fourth-order valence-electron chi connectivity index (χ4n) is 2.60. The highest BCUT2D eigenvalue weighted by molar-refractivity contribution is 5.94. The van der Waals surface area contributed by atoms with Gasteiger partial charge in [-0.3, -0.25) is 9.59 Å². The third kappa shape index (κ3) is 4.41. The molecule has 1 fully saturated rings. The van der Waals surface area contributed by atoms with Crippen molar-refractivity contribution in [1.82, 2.24) is 9.88 Å². The van der Waals surface area contributed by atoms with Crippen molar-refractivity contribution in [3.63, 3.8) is 0 Å². The van der Waals surface area contributed by atoms with Gasteiger partial charge in [-0.1, -0.05) is 0 Å². The van der Waals surface area contributed by atoms with E-state index in [0.29, 0.717) is 19.4 Å². The van der Waals surface area contributed by atoms with E-state index in [1.54, 1.807) is 6.92 Å². The van der Waals surface area contributed by atoms with Crippen LogP contribution in [0, 0.1) is 5.41 Å². The summed E-state index contributed by atoms with van der Waals surface area (Å²) in [5.74, 6) is -6.06. The minimum Gasteiger partial charge on any atom is -0.481 e. The monoisotopic (exact) mass is 378 g/mol. The van der Waals surface area contributed by atoms with Crippen molar-refractivity contribution in [3.8, 4) is 5.88 Å². The predicted octanol–water partition coefficient (Wildman–Crippen LogP) is 2.69. The zero-order valence-corrected chi connectivity index (χ0v) is 13.9. The molecule has 2 rings (SSSR count). The highest BCUT2D eigenvalue weighted by Gasteiger charge is 2.42. The topological polar surface area (TPSA) is 79.7 Å². The average Bonchev–Trinajstić information content (AvgIpc) is 2.59. The lowest BCUT2D eigenvalue weighted by Gasteiger charge is -2.37. The maximum Gasteiger partial charge on any atom is 0.340 e. The molecule has 1 aliphatic heterocycles. The standard InChI is InChI=1S/C16H18F4N2O4/c1-15(14(24)25)5-2-6-22(8-15)12(23)10-3-4-11(21-7-10)26-9-16(19,20)13(17)18/h3-4,7,13H,2,5-6,8-9H2,1H3,(H,24,25). The number of carbonyl (C=O) groups excluding carboxylic acids is 1. The van der Waals surface area contributed by atoms with E-state index in [0.717, 1.165) is 12.3 Å². The molecule has 1 N–H and O–H groups in total. The Morgan fingerprint density at radius 1 is 1.42 bits per heavy atom. The summed E-state index contributed by atoms with van der Waals surface area (Å²) in [6.07, 6.45) is -1.79. The number of pyridine rings is 1. The molecular weight excluding hydrogens is 360 g/mol. The zero-order valence-electron chi connectivity index (χ0n) is 13.9. The van der Waals surface area contributed by atoms with E-state index in [-0.39, 0.29) is 18.0 Å². The number of piperidine rings is 1. The number of carbonyl (C=O) groups is 2. The number of aromatic nitrogens is 1. The Bertz CT molecular complexity index is 669. The van der Waals surface area contributed by atoms with Crippen LogP contribution >= 0.6 is 0 Å². The number of hydrogen-bond donors (Lipinski definition) is 1. The first-order valence-electron chi connectivity index (χ1n) is 7.83. The van der Waals surface area contributed by atoms with Crippen LogP contribution in [0.2, 0.25) is 0 Å². The van der Waals surface area contributed by atoms with Crippen molar-refractivity contribution in [2.24, 2.45) is 5.41 Å². The highest BCUT2D eigenvalue weighted by Crippen LogP contribution is 2.30. The number of likely N-dealkylation sites (tertiary alicyclic amines) is 1. The summed E-state index contributed by atoms with van der Waals surface area (Å²) in [7, 11) is 0. The molecule has 0 spiro atoms. The summed E-state index contributed by atoms with van der Waals surface area (Å²) < 4.78 is 54.3. The summed E-state index contributed by atoms with van der Waals surface area (Å²) >= 11 is 0. The average molecular weight is 378 g/mol. The number of nitrogens with zero attached hydrogens (tertiary/aromatic N) is 2. The van der Waals surface area contributed by atoms with E-state index >= 15 is 0 Å². The number of alkyl halides is 4. The van der Waals surface area contributed by atoms with Gasteiger partial charge in [0.1, 0.15) is 0 Å². The summed E-state index contributed by atoms with van der Waals surface area (Å²) in [5.41, 5.74) is -0.918. The van der Waals surface area contributed by atoms with Crippen LogP contribution < -0.4 is 4.74 Å². The molecule has 10 heteroatoms. The van der Waals surface area contributed by atoms with Crippen molar-refractivity contribution in [3.05, 3.63) is 23.9 Å². The van der Waals surface area contributed by atoms with Crippen LogP contribution in [0.25, 0.3) is 0 Å². The maximum atomic E-state index is 12.8. The number of aliphatic carboxylic acids is 1. The van der Waals surface area contributed by atoms with Gasteiger partial charge in [0.25, 0.3) is 5.91 Å². The van der Waals surface area contributed by atoms with E-state index in [4.69, 9.17) is 0 Å². The Balaban J connectivity index is 2.01. The molecule has 1 saturated heterocycles. The lowest BCUT2D eigenvalue weighted by atomic mass is 9.82. The van der Waals surface area contributed by atoms with Crippen LogP contribution in [0.4, 0.5) is 17.6 Å². The number of amides is 1.